The van der Waals surface area contributed by atoms with E-state index in [1.807, 2.05) is 31.7 Å². The van der Waals surface area contributed by atoms with Gasteiger partial charge in [-0.2, -0.15) is 0 Å². The Morgan fingerprint density at radius 2 is 2.00 bits per heavy atom. The molecule has 7 heteroatoms. The van der Waals surface area contributed by atoms with Gasteiger partial charge in [0.2, 0.25) is 5.91 Å². The first kappa shape index (κ1) is 19.7. The molecule has 2 saturated carbocycles. The number of aromatic nitrogens is 1. The number of likely N-dealkylation sites (tertiary alicyclic amines) is 1. The van der Waals surface area contributed by atoms with Gasteiger partial charge in [0.1, 0.15) is 11.4 Å². The SMILES string of the molecule is CC(C)(C)OC(=O)N1C[C@@H]2[C@H](C1)[C@H]2CC1(NC(=O)/C=C/c2ccc(N)nc2)CC1. The summed E-state index contributed by atoms with van der Waals surface area (Å²) in [5, 5.41) is 3.20. The third-order valence-electron chi connectivity index (χ3n) is 6.13. The van der Waals surface area contributed by atoms with Gasteiger partial charge in [0.15, 0.2) is 0 Å². The number of fused-ring (bicyclic) bond motifs is 1. The first-order valence-corrected chi connectivity index (χ1v) is 10.3. The van der Waals surface area contributed by atoms with Crippen LogP contribution in [0.25, 0.3) is 6.08 Å². The minimum Gasteiger partial charge on any atom is -0.444 e. The van der Waals surface area contributed by atoms with Crippen LogP contribution in [0.5, 0.6) is 0 Å². The van der Waals surface area contributed by atoms with Crippen molar-refractivity contribution in [2.75, 3.05) is 18.8 Å². The van der Waals surface area contributed by atoms with Gasteiger partial charge in [-0.15, -0.1) is 0 Å². The molecule has 1 aromatic rings. The fraction of sp³-hybridized carbons (Fsp3) is 0.591. The number of piperidine rings is 1. The van der Waals surface area contributed by atoms with Gasteiger partial charge in [0, 0.05) is 30.9 Å². The normalized spacial score (nSPS) is 26.9. The van der Waals surface area contributed by atoms with Crippen LogP contribution in [0.2, 0.25) is 0 Å². The third kappa shape index (κ3) is 4.71. The van der Waals surface area contributed by atoms with Gasteiger partial charge >= 0.3 is 6.09 Å². The number of carbonyl (C=O) groups is 2. The second-order valence-corrected chi connectivity index (χ2v) is 9.70. The predicted octanol–water partition coefficient (Wildman–Crippen LogP) is 2.83. The predicted molar refractivity (Wildman–Crippen MR) is 111 cm³/mol. The van der Waals surface area contributed by atoms with Crippen molar-refractivity contribution in [1.29, 1.82) is 0 Å². The summed E-state index contributed by atoms with van der Waals surface area (Å²) >= 11 is 0. The maximum Gasteiger partial charge on any atom is 0.410 e. The van der Waals surface area contributed by atoms with Gasteiger partial charge in [0.25, 0.3) is 0 Å². The lowest BCUT2D eigenvalue weighted by Gasteiger charge is -2.26. The van der Waals surface area contributed by atoms with E-state index < -0.39 is 5.60 Å². The summed E-state index contributed by atoms with van der Waals surface area (Å²) in [6, 6.07) is 3.55. The minimum atomic E-state index is -0.457. The van der Waals surface area contributed by atoms with Gasteiger partial charge in [-0.3, -0.25) is 4.79 Å². The molecule has 2 heterocycles. The van der Waals surface area contributed by atoms with E-state index in [9.17, 15) is 9.59 Å². The molecule has 0 spiro atoms. The molecular weight excluding hydrogens is 368 g/mol. The lowest BCUT2D eigenvalue weighted by molar-refractivity contribution is -0.117. The molecule has 3 atom stereocenters. The molecule has 29 heavy (non-hydrogen) atoms. The largest absolute Gasteiger partial charge is 0.444 e. The Morgan fingerprint density at radius 3 is 2.55 bits per heavy atom. The number of ether oxygens (including phenoxy) is 1. The number of rotatable bonds is 5. The Balaban J connectivity index is 1.24. The van der Waals surface area contributed by atoms with E-state index >= 15 is 0 Å². The highest BCUT2D eigenvalue weighted by Crippen LogP contribution is 2.58. The van der Waals surface area contributed by atoms with Gasteiger partial charge in [0.05, 0.1) is 0 Å². The third-order valence-corrected chi connectivity index (χ3v) is 6.13. The van der Waals surface area contributed by atoms with Crippen molar-refractivity contribution in [2.45, 2.75) is 51.2 Å². The number of nitrogen functional groups attached to an aromatic ring is 1. The number of hydrogen-bond acceptors (Lipinski definition) is 5. The van der Waals surface area contributed by atoms with Gasteiger partial charge in [-0.1, -0.05) is 0 Å². The monoisotopic (exact) mass is 398 g/mol. The van der Waals surface area contributed by atoms with Crippen molar-refractivity contribution in [2.24, 2.45) is 17.8 Å². The smallest absolute Gasteiger partial charge is 0.410 e. The van der Waals surface area contributed by atoms with Gasteiger partial charge in [-0.25, -0.2) is 9.78 Å². The highest BCUT2D eigenvalue weighted by atomic mass is 16.6. The average molecular weight is 399 g/mol. The van der Waals surface area contributed by atoms with E-state index in [0.717, 1.165) is 37.9 Å². The number of nitrogens with two attached hydrogens (primary N) is 1. The van der Waals surface area contributed by atoms with Crippen molar-refractivity contribution in [3.05, 3.63) is 30.0 Å². The van der Waals surface area contributed by atoms with E-state index in [1.54, 1.807) is 24.4 Å². The van der Waals surface area contributed by atoms with Crippen molar-refractivity contribution in [1.82, 2.24) is 15.2 Å². The fourth-order valence-corrected chi connectivity index (χ4v) is 4.40. The van der Waals surface area contributed by atoms with Crippen LogP contribution in [0.1, 0.15) is 45.6 Å². The number of pyridine rings is 1. The molecule has 156 valence electrons. The molecule has 7 nitrogen and oxygen atoms in total. The maximum atomic E-state index is 12.3. The second kappa shape index (κ2) is 7.04. The van der Waals surface area contributed by atoms with E-state index in [4.69, 9.17) is 10.5 Å². The number of nitrogens with zero attached hydrogens (tertiary/aromatic N) is 2. The van der Waals surface area contributed by atoms with Crippen LogP contribution < -0.4 is 11.1 Å². The fourth-order valence-electron chi connectivity index (χ4n) is 4.40. The molecule has 2 aliphatic carbocycles. The van der Waals surface area contributed by atoms with Gasteiger partial charge in [-0.05, 0) is 81.6 Å². The maximum absolute atomic E-state index is 12.3. The van der Waals surface area contributed by atoms with E-state index in [2.05, 4.69) is 10.3 Å². The van der Waals surface area contributed by atoms with Crippen LogP contribution in [-0.2, 0) is 9.53 Å². The van der Waals surface area contributed by atoms with Crippen LogP contribution >= 0.6 is 0 Å². The molecule has 0 bridgehead atoms. The molecule has 0 aromatic carbocycles. The average Bonchev–Trinajstić information content (AvgIpc) is 3.47. The van der Waals surface area contributed by atoms with Crippen LogP contribution in [0.4, 0.5) is 10.6 Å². The summed E-state index contributed by atoms with van der Waals surface area (Å²) in [5.41, 5.74) is 5.90. The zero-order chi connectivity index (χ0) is 20.8. The Hall–Kier alpha value is -2.57. The van der Waals surface area contributed by atoms with E-state index in [0.29, 0.717) is 23.6 Å². The lowest BCUT2D eigenvalue weighted by Crippen LogP contribution is -2.39. The molecule has 0 radical (unpaired) electrons. The van der Waals surface area contributed by atoms with Crippen molar-refractivity contribution < 1.29 is 14.3 Å². The van der Waals surface area contributed by atoms with Gasteiger partial charge < -0.3 is 20.7 Å². The quantitative estimate of drug-likeness (QED) is 0.744. The first-order valence-electron chi connectivity index (χ1n) is 10.3. The molecule has 0 unspecified atom stereocenters. The van der Waals surface area contributed by atoms with Crippen molar-refractivity contribution in [3.63, 3.8) is 0 Å². The summed E-state index contributed by atoms with van der Waals surface area (Å²) in [5.74, 6) is 2.09. The Labute approximate surface area is 171 Å². The van der Waals surface area contributed by atoms with Crippen LogP contribution in [0.15, 0.2) is 24.4 Å². The van der Waals surface area contributed by atoms with Crippen LogP contribution in [0, 0.1) is 17.8 Å². The summed E-state index contributed by atoms with van der Waals surface area (Å²) < 4.78 is 5.47. The Kier molecular flexibility index (Phi) is 4.79. The molecule has 3 aliphatic rings. The lowest BCUT2D eigenvalue weighted by atomic mass is 10.0. The molecule has 3 fully saturated rings. The first-order chi connectivity index (χ1) is 13.6. The molecule has 2 amide bonds. The summed E-state index contributed by atoms with van der Waals surface area (Å²) in [4.78, 5) is 30.4. The van der Waals surface area contributed by atoms with Crippen molar-refractivity contribution in [3.8, 4) is 0 Å². The minimum absolute atomic E-state index is 0.0630. The highest BCUT2D eigenvalue weighted by molar-refractivity contribution is 5.92. The topological polar surface area (TPSA) is 97.5 Å². The number of carbonyl (C=O) groups excluding carboxylic acids is 2. The standard InChI is InChI=1S/C22H30N4O3/c1-21(2,3)29-20(28)26-12-16-15(17(16)13-26)10-22(8-9-22)25-19(27)7-5-14-4-6-18(23)24-11-14/h4-7,11,15-17H,8-10,12-13H2,1-3H3,(H2,23,24)(H,25,27)/b7-5+/t15-,16-,17+. The number of hydrogen-bond donors (Lipinski definition) is 2. The van der Waals surface area contributed by atoms with E-state index in [-0.39, 0.29) is 17.5 Å². The van der Waals surface area contributed by atoms with Crippen LogP contribution in [0.3, 0.4) is 0 Å². The molecule has 1 aromatic heterocycles. The molecule has 1 aliphatic heterocycles. The molecule has 1 saturated heterocycles. The number of nitrogens with one attached hydrogen (secondary N) is 1. The number of amides is 2. The summed E-state index contributed by atoms with van der Waals surface area (Å²) in [6.45, 7) is 7.23. The Bertz CT molecular complexity index is 811. The summed E-state index contributed by atoms with van der Waals surface area (Å²) in [6.07, 6.45) is 7.82. The molecular formula is C22H30N4O3. The van der Waals surface area contributed by atoms with E-state index in [1.165, 1.54) is 0 Å². The highest BCUT2D eigenvalue weighted by Gasteiger charge is 2.61. The second-order valence-electron chi connectivity index (χ2n) is 9.70. The Morgan fingerprint density at radius 1 is 1.31 bits per heavy atom. The molecule has 3 N–H and O–H groups in total. The van der Waals surface area contributed by atoms with Crippen molar-refractivity contribution >= 4 is 23.9 Å². The zero-order valence-corrected chi connectivity index (χ0v) is 17.4. The summed E-state index contributed by atoms with van der Waals surface area (Å²) in [7, 11) is 0. The van der Waals surface area contributed by atoms with Crippen LogP contribution in [-0.4, -0.2) is 46.1 Å². The molecule has 4 rings (SSSR count). The zero-order valence-electron chi connectivity index (χ0n) is 17.4. The number of anilines is 1.